The van der Waals surface area contributed by atoms with Gasteiger partial charge in [-0.25, -0.2) is 0 Å². The second kappa shape index (κ2) is 5.31. The lowest BCUT2D eigenvalue weighted by molar-refractivity contribution is -0.124. The van der Waals surface area contributed by atoms with E-state index in [0.717, 1.165) is 37.3 Å². The number of hydrogen-bond acceptors (Lipinski definition) is 3. The van der Waals surface area contributed by atoms with Gasteiger partial charge in [-0.3, -0.25) is 9.48 Å². The Morgan fingerprint density at radius 3 is 3.18 bits per heavy atom. The molecule has 1 aromatic rings. The van der Waals surface area contributed by atoms with Gasteiger partial charge in [-0.15, -0.1) is 0 Å². The molecule has 5 heteroatoms. The Hall–Kier alpha value is -1.36. The first-order valence-electron chi connectivity index (χ1n) is 6.25. The van der Waals surface area contributed by atoms with Crippen LogP contribution in [0.1, 0.15) is 31.2 Å². The zero-order valence-electron chi connectivity index (χ0n) is 10.5. The predicted octanol–water partition coefficient (Wildman–Crippen LogP) is 0.580. The monoisotopic (exact) mass is 236 g/mol. The summed E-state index contributed by atoms with van der Waals surface area (Å²) in [7, 11) is 0. The number of nitrogens with one attached hydrogen (secondary N) is 2. The van der Waals surface area contributed by atoms with E-state index in [1.54, 1.807) is 0 Å². The lowest BCUT2D eigenvalue weighted by atomic mass is 10.1. The van der Waals surface area contributed by atoms with Crippen LogP contribution in [-0.4, -0.2) is 28.3 Å². The minimum Gasteiger partial charge on any atom is -0.355 e. The molecule has 5 nitrogen and oxygen atoms in total. The van der Waals surface area contributed by atoms with E-state index in [-0.39, 0.29) is 11.9 Å². The van der Waals surface area contributed by atoms with Gasteiger partial charge in [0.15, 0.2) is 0 Å². The molecular weight excluding hydrogens is 216 g/mol. The van der Waals surface area contributed by atoms with Gasteiger partial charge in [-0.05, 0) is 32.8 Å². The average Bonchev–Trinajstić information content (AvgIpc) is 2.69. The van der Waals surface area contributed by atoms with Crippen molar-refractivity contribution in [2.45, 2.75) is 45.8 Å². The van der Waals surface area contributed by atoms with Crippen molar-refractivity contribution in [2.24, 2.45) is 0 Å². The summed E-state index contributed by atoms with van der Waals surface area (Å²) in [5, 5.41) is 10.6. The van der Waals surface area contributed by atoms with Crippen molar-refractivity contribution in [1.29, 1.82) is 0 Å². The van der Waals surface area contributed by atoms with E-state index in [1.807, 2.05) is 11.6 Å². The second-order valence-electron chi connectivity index (χ2n) is 4.46. The number of aromatic nitrogens is 2. The Bertz CT molecular complexity index is 399. The molecule has 1 aromatic heterocycles. The van der Waals surface area contributed by atoms with Crippen molar-refractivity contribution in [3.8, 4) is 0 Å². The van der Waals surface area contributed by atoms with Gasteiger partial charge in [-0.1, -0.05) is 0 Å². The van der Waals surface area contributed by atoms with Crippen LogP contribution < -0.4 is 10.6 Å². The van der Waals surface area contributed by atoms with Gasteiger partial charge >= 0.3 is 0 Å². The van der Waals surface area contributed by atoms with Gasteiger partial charge in [0, 0.05) is 19.6 Å². The largest absolute Gasteiger partial charge is 0.355 e. The topological polar surface area (TPSA) is 59.0 Å². The van der Waals surface area contributed by atoms with Gasteiger partial charge < -0.3 is 10.6 Å². The number of hydrogen-bond donors (Lipinski definition) is 2. The van der Waals surface area contributed by atoms with E-state index in [9.17, 15) is 4.79 Å². The summed E-state index contributed by atoms with van der Waals surface area (Å²) in [6, 6.07) is 2.02. The molecule has 2 heterocycles. The van der Waals surface area contributed by atoms with Crippen LogP contribution in [0.4, 0.5) is 0 Å². The third kappa shape index (κ3) is 2.85. The highest BCUT2D eigenvalue weighted by Crippen LogP contribution is 2.07. The Morgan fingerprint density at radius 1 is 1.65 bits per heavy atom. The van der Waals surface area contributed by atoms with Crippen LogP contribution in [0.5, 0.6) is 0 Å². The molecule has 2 N–H and O–H groups in total. The molecule has 0 radical (unpaired) electrons. The van der Waals surface area contributed by atoms with E-state index in [2.05, 4.69) is 28.7 Å². The highest BCUT2D eigenvalue weighted by atomic mass is 16.2. The third-order valence-electron chi connectivity index (χ3n) is 3.10. The molecular formula is C12H20N4O. The van der Waals surface area contributed by atoms with Gasteiger partial charge in [0.1, 0.15) is 0 Å². The first-order chi connectivity index (χ1) is 8.20. The Morgan fingerprint density at radius 2 is 2.47 bits per heavy atom. The number of rotatable bonds is 4. The summed E-state index contributed by atoms with van der Waals surface area (Å²) >= 11 is 0. The van der Waals surface area contributed by atoms with Crippen molar-refractivity contribution < 1.29 is 4.79 Å². The minimum atomic E-state index is -0.0516. The maximum Gasteiger partial charge on any atom is 0.237 e. The van der Waals surface area contributed by atoms with E-state index in [0.29, 0.717) is 6.54 Å². The van der Waals surface area contributed by atoms with Crippen molar-refractivity contribution >= 4 is 5.91 Å². The van der Waals surface area contributed by atoms with Crippen LogP contribution in [0, 0.1) is 6.92 Å². The van der Waals surface area contributed by atoms with Crippen molar-refractivity contribution in [2.75, 3.05) is 6.54 Å². The standard InChI is InChI=1S/C12H20N4O/c1-3-16-10(7-9(2)15-16)8-14-11-5-4-6-13-12(11)17/h7,11,14H,3-6,8H2,1-2H3,(H,13,17). The summed E-state index contributed by atoms with van der Waals surface area (Å²) in [5.74, 6) is 0.121. The maximum absolute atomic E-state index is 11.6. The van der Waals surface area contributed by atoms with Crippen LogP contribution in [0.2, 0.25) is 0 Å². The smallest absolute Gasteiger partial charge is 0.237 e. The lowest BCUT2D eigenvalue weighted by Crippen LogP contribution is -2.48. The van der Waals surface area contributed by atoms with E-state index >= 15 is 0 Å². The molecule has 1 amide bonds. The number of piperidine rings is 1. The molecule has 0 saturated carbocycles. The quantitative estimate of drug-likeness (QED) is 0.804. The number of carbonyl (C=O) groups is 1. The molecule has 17 heavy (non-hydrogen) atoms. The van der Waals surface area contributed by atoms with E-state index in [1.165, 1.54) is 0 Å². The molecule has 1 atom stereocenters. The molecule has 0 aromatic carbocycles. The fraction of sp³-hybridized carbons (Fsp3) is 0.667. The van der Waals surface area contributed by atoms with Gasteiger partial charge in [0.2, 0.25) is 5.91 Å². The van der Waals surface area contributed by atoms with Crippen molar-refractivity contribution in [1.82, 2.24) is 20.4 Å². The van der Waals surface area contributed by atoms with Crippen LogP contribution in [0.25, 0.3) is 0 Å². The molecule has 0 spiro atoms. The fourth-order valence-electron chi connectivity index (χ4n) is 2.21. The molecule has 1 fully saturated rings. The summed E-state index contributed by atoms with van der Waals surface area (Å²) in [6.07, 6.45) is 1.97. The molecule has 1 aliphatic heterocycles. The Kier molecular flexibility index (Phi) is 3.78. The van der Waals surface area contributed by atoms with Crippen LogP contribution in [0.15, 0.2) is 6.07 Å². The van der Waals surface area contributed by atoms with Crippen molar-refractivity contribution in [3.05, 3.63) is 17.5 Å². The Balaban J connectivity index is 1.94. The summed E-state index contributed by atoms with van der Waals surface area (Å²) in [6.45, 7) is 6.43. The predicted molar refractivity (Wildman–Crippen MR) is 65.5 cm³/mol. The highest BCUT2D eigenvalue weighted by Gasteiger charge is 2.21. The third-order valence-corrected chi connectivity index (χ3v) is 3.10. The normalized spacial score (nSPS) is 20.4. The molecule has 1 saturated heterocycles. The second-order valence-corrected chi connectivity index (χ2v) is 4.46. The summed E-state index contributed by atoms with van der Waals surface area (Å²) < 4.78 is 1.98. The molecule has 0 aliphatic carbocycles. The summed E-state index contributed by atoms with van der Waals surface area (Å²) in [5.41, 5.74) is 2.17. The summed E-state index contributed by atoms with van der Waals surface area (Å²) in [4.78, 5) is 11.6. The molecule has 1 unspecified atom stereocenters. The number of carbonyl (C=O) groups excluding carboxylic acids is 1. The number of nitrogens with zero attached hydrogens (tertiary/aromatic N) is 2. The SMILES string of the molecule is CCn1nc(C)cc1CNC1CCCNC1=O. The Labute approximate surface area is 102 Å². The van der Waals surface area contributed by atoms with Crippen LogP contribution in [0.3, 0.4) is 0 Å². The first kappa shape index (κ1) is 12.1. The fourth-order valence-corrected chi connectivity index (χ4v) is 2.21. The van der Waals surface area contributed by atoms with Crippen LogP contribution in [-0.2, 0) is 17.9 Å². The van der Waals surface area contributed by atoms with Gasteiger partial charge in [0.25, 0.3) is 0 Å². The molecule has 0 bridgehead atoms. The van der Waals surface area contributed by atoms with E-state index in [4.69, 9.17) is 0 Å². The highest BCUT2D eigenvalue weighted by molar-refractivity contribution is 5.82. The first-order valence-corrected chi connectivity index (χ1v) is 6.25. The molecule has 94 valence electrons. The van der Waals surface area contributed by atoms with E-state index < -0.39 is 0 Å². The van der Waals surface area contributed by atoms with Gasteiger partial charge in [-0.2, -0.15) is 5.10 Å². The zero-order valence-corrected chi connectivity index (χ0v) is 10.5. The van der Waals surface area contributed by atoms with Gasteiger partial charge in [0.05, 0.1) is 17.4 Å². The van der Waals surface area contributed by atoms with Crippen LogP contribution >= 0.6 is 0 Å². The average molecular weight is 236 g/mol. The lowest BCUT2D eigenvalue weighted by Gasteiger charge is -2.22. The molecule has 1 aliphatic rings. The molecule has 2 rings (SSSR count). The number of amides is 1. The maximum atomic E-state index is 11.6. The van der Waals surface area contributed by atoms with Crippen molar-refractivity contribution in [3.63, 3.8) is 0 Å². The minimum absolute atomic E-state index is 0.0516. The zero-order chi connectivity index (χ0) is 12.3. The number of aryl methyl sites for hydroxylation is 2.